The quantitative estimate of drug-likeness (QED) is 0.890. The molecule has 0 atom stereocenters. The Morgan fingerprint density at radius 3 is 2.53 bits per heavy atom. The number of rotatable bonds is 2. The third-order valence-corrected chi connectivity index (χ3v) is 4.42. The minimum absolute atomic E-state index is 0.124. The van der Waals surface area contributed by atoms with E-state index in [1.165, 1.54) is 34.7 Å². The van der Waals surface area contributed by atoms with Crippen LogP contribution in [0.3, 0.4) is 0 Å². The molecule has 0 radical (unpaired) electrons. The Hall–Kier alpha value is -1.41. The smallest absolute Gasteiger partial charge is 0.0346 e. The lowest BCUT2D eigenvalue weighted by Crippen LogP contribution is -2.19. The summed E-state index contributed by atoms with van der Waals surface area (Å²) in [6.45, 7) is 7.46. The van der Waals surface area contributed by atoms with Crippen LogP contribution in [0.5, 0.6) is 0 Å². The molecule has 0 unspecified atom stereocenters. The first-order chi connectivity index (χ1) is 8.96. The van der Waals surface area contributed by atoms with Gasteiger partial charge >= 0.3 is 0 Å². The third kappa shape index (κ3) is 2.04. The van der Waals surface area contributed by atoms with Crippen LogP contribution in [-0.4, -0.2) is 11.5 Å². The van der Waals surface area contributed by atoms with E-state index in [1.54, 1.807) is 0 Å². The zero-order chi connectivity index (χ0) is 13.7. The number of hydrogen-bond acceptors (Lipinski definition) is 2. The fraction of sp³-hybridized carbons (Fsp3) is 0.471. The molecule has 1 fully saturated rings. The summed E-state index contributed by atoms with van der Waals surface area (Å²) < 4.78 is 0. The molecule has 2 aromatic rings. The summed E-state index contributed by atoms with van der Waals surface area (Å²) in [4.78, 5) is 4.42. The molecule has 0 bridgehead atoms. The Morgan fingerprint density at radius 2 is 1.95 bits per heavy atom. The van der Waals surface area contributed by atoms with Gasteiger partial charge in [-0.1, -0.05) is 32.9 Å². The molecule has 1 aliphatic rings. The van der Waals surface area contributed by atoms with E-state index in [4.69, 9.17) is 5.73 Å². The Kier molecular flexibility index (Phi) is 2.68. The molecule has 100 valence electrons. The van der Waals surface area contributed by atoms with Crippen LogP contribution in [0.4, 0.5) is 0 Å². The SMILES string of the molecule is CC(C)(C)c1cncc2cc(C3(CN)CC3)ccc12. The molecule has 0 spiro atoms. The molecular formula is C17H22N2. The van der Waals surface area contributed by atoms with Gasteiger partial charge < -0.3 is 5.73 Å². The summed E-state index contributed by atoms with van der Waals surface area (Å²) in [6.07, 6.45) is 6.42. The molecule has 1 aromatic carbocycles. The van der Waals surface area contributed by atoms with E-state index in [1.807, 2.05) is 12.4 Å². The van der Waals surface area contributed by atoms with Gasteiger partial charge in [-0.05, 0) is 40.8 Å². The van der Waals surface area contributed by atoms with Gasteiger partial charge in [-0.25, -0.2) is 0 Å². The predicted molar refractivity (Wildman–Crippen MR) is 80.4 cm³/mol. The number of benzene rings is 1. The van der Waals surface area contributed by atoms with Crippen molar-refractivity contribution in [3.63, 3.8) is 0 Å². The monoisotopic (exact) mass is 254 g/mol. The molecule has 2 nitrogen and oxygen atoms in total. The zero-order valence-electron chi connectivity index (χ0n) is 12.0. The fourth-order valence-corrected chi connectivity index (χ4v) is 2.87. The Bertz CT molecular complexity index is 619. The summed E-state index contributed by atoms with van der Waals surface area (Å²) in [6, 6.07) is 6.80. The summed E-state index contributed by atoms with van der Waals surface area (Å²) in [5, 5.41) is 2.56. The van der Waals surface area contributed by atoms with Crippen LogP contribution in [0.1, 0.15) is 44.7 Å². The second kappa shape index (κ2) is 4.04. The lowest BCUT2D eigenvalue weighted by atomic mass is 9.84. The molecule has 2 N–H and O–H groups in total. The molecule has 3 rings (SSSR count). The van der Waals surface area contributed by atoms with E-state index in [9.17, 15) is 0 Å². The highest BCUT2D eigenvalue weighted by Crippen LogP contribution is 2.48. The summed E-state index contributed by atoms with van der Waals surface area (Å²) in [5.74, 6) is 0. The zero-order valence-corrected chi connectivity index (χ0v) is 12.0. The van der Waals surface area contributed by atoms with Crippen LogP contribution < -0.4 is 5.73 Å². The maximum absolute atomic E-state index is 5.93. The Labute approximate surface area is 115 Å². The molecule has 19 heavy (non-hydrogen) atoms. The average molecular weight is 254 g/mol. The highest BCUT2D eigenvalue weighted by atomic mass is 14.7. The van der Waals surface area contributed by atoms with Gasteiger partial charge in [0.15, 0.2) is 0 Å². The number of pyridine rings is 1. The van der Waals surface area contributed by atoms with Crippen molar-refractivity contribution in [2.75, 3.05) is 6.54 Å². The maximum Gasteiger partial charge on any atom is 0.0346 e. The van der Waals surface area contributed by atoms with E-state index in [0.717, 1.165) is 6.54 Å². The van der Waals surface area contributed by atoms with E-state index in [-0.39, 0.29) is 10.8 Å². The van der Waals surface area contributed by atoms with Crippen molar-refractivity contribution in [3.8, 4) is 0 Å². The third-order valence-electron chi connectivity index (χ3n) is 4.42. The summed E-state index contributed by atoms with van der Waals surface area (Å²) >= 11 is 0. The number of fused-ring (bicyclic) bond motifs is 1. The van der Waals surface area contributed by atoms with Crippen LogP contribution in [-0.2, 0) is 10.8 Å². The Morgan fingerprint density at radius 1 is 1.21 bits per heavy atom. The second-order valence-corrected chi connectivity index (χ2v) is 6.86. The highest BCUT2D eigenvalue weighted by Gasteiger charge is 2.42. The fourth-order valence-electron chi connectivity index (χ4n) is 2.87. The van der Waals surface area contributed by atoms with Crippen LogP contribution >= 0.6 is 0 Å². The van der Waals surface area contributed by atoms with Crippen LogP contribution in [0.2, 0.25) is 0 Å². The topological polar surface area (TPSA) is 38.9 Å². The molecule has 0 amide bonds. The Balaban J connectivity index is 2.16. The van der Waals surface area contributed by atoms with Gasteiger partial charge in [-0.15, -0.1) is 0 Å². The second-order valence-electron chi connectivity index (χ2n) is 6.86. The van der Waals surface area contributed by atoms with Crippen molar-refractivity contribution in [1.29, 1.82) is 0 Å². The van der Waals surface area contributed by atoms with E-state index < -0.39 is 0 Å². The molecule has 2 heteroatoms. The van der Waals surface area contributed by atoms with Crippen molar-refractivity contribution in [1.82, 2.24) is 4.98 Å². The molecule has 0 saturated heterocycles. The molecule has 1 heterocycles. The number of aromatic nitrogens is 1. The van der Waals surface area contributed by atoms with E-state index in [2.05, 4.69) is 44.0 Å². The van der Waals surface area contributed by atoms with Crippen molar-refractivity contribution >= 4 is 10.8 Å². The normalized spacial score (nSPS) is 17.7. The molecule has 1 aliphatic carbocycles. The molecule has 1 aromatic heterocycles. The van der Waals surface area contributed by atoms with Gasteiger partial charge in [0.2, 0.25) is 0 Å². The first kappa shape index (κ1) is 12.6. The van der Waals surface area contributed by atoms with Gasteiger partial charge in [0.1, 0.15) is 0 Å². The van der Waals surface area contributed by atoms with Gasteiger partial charge in [-0.2, -0.15) is 0 Å². The number of nitrogens with zero attached hydrogens (tertiary/aromatic N) is 1. The minimum atomic E-state index is 0.124. The van der Waals surface area contributed by atoms with E-state index >= 15 is 0 Å². The van der Waals surface area contributed by atoms with Crippen molar-refractivity contribution in [2.24, 2.45) is 5.73 Å². The lowest BCUT2D eigenvalue weighted by Gasteiger charge is -2.21. The lowest BCUT2D eigenvalue weighted by molar-refractivity contribution is 0.593. The van der Waals surface area contributed by atoms with Crippen LogP contribution in [0.15, 0.2) is 30.6 Å². The van der Waals surface area contributed by atoms with Gasteiger partial charge in [0, 0.05) is 29.7 Å². The van der Waals surface area contributed by atoms with Crippen LogP contribution in [0.25, 0.3) is 10.8 Å². The summed E-state index contributed by atoms with van der Waals surface area (Å²) in [5.41, 5.74) is 9.01. The largest absolute Gasteiger partial charge is 0.330 e. The van der Waals surface area contributed by atoms with Gasteiger partial charge in [0.05, 0.1) is 0 Å². The van der Waals surface area contributed by atoms with Crippen LogP contribution in [0, 0.1) is 0 Å². The van der Waals surface area contributed by atoms with E-state index in [0.29, 0.717) is 0 Å². The average Bonchev–Trinajstić information content (AvgIpc) is 3.17. The van der Waals surface area contributed by atoms with Gasteiger partial charge in [-0.3, -0.25) is 4.98 Å². The first-order valence-electron chi connectivity index (χ1n) is 7.05. The van der Waals surface area contributed by atoms with Crippen molar-refractivity contribution < 1.29 is 0 Å². The van der Waals surface area contributed by atoms with Crippen molar-refractivity contribution in [2.45, 2.75) is 44.4 Å². The molecule has 1 saturated carbocycles. The van der Waals surface area contributed by atoms with Crippen molar-refractivity contribution in [3.05, 3.63) is 41.7 Å². The minimum Gasteiger partial charge on any atom is -0.330 e. The molecule has 0 aliphatic heterocycles. The predicted octanol–water partition coefficient (Wildman–Crippen LogP) is 3.52. The maximum atomic E-state index is 5.93. The van der Waals surface area contributed by atoms with Gasteiger partial charge in [0.25, 0.3) is 0 Å². The first-order valence-corrected chi connectivity index (χ1v) is 7.05. The molecular weight excluding hydrogens is 232 g/mol. The summed E-state index contributed by atoms with van der Waals surface area (Å²) in [7, 11) is 0. The number of hydrogen-bond donors (Lipinski definition) is 1. The number of nitrogens with two attached hydrogens (primary N) is 1. The standard InChI is InChI=1S/C17H22N2/c1-16(2,3)15-10-19-9-12-8-13(4-5-14(12)15)17(11-18)6-7-17/h4-5,8-10H,6-7,11,18H2,1-3H3. The highest BCUT2D eigenvalue weighted by molar-refractivity contribution is 5.86.